The van der Waals surface area contributed by atoms with E-state index < -0.39 is 0 Å². The summed E-state index contributed by atoms with van der Waals surface area (Å²) in [5.74, 6) is 5.63. The Morgan fingerprint density at radius 1 is 1.24 bits per heavy atom. The van der Waals surface area contributed by atoms with E-state index in [4.69, 9.17) is 10.6 Å². The summed E-state index contributed by atoms with van der Waals surface area (Å²) in [4.78, 5) is 2.43. The summed E-state index contributed by atoms with van der Waals surface area (Å²) in [6, 6.07) is 10.6. The smallest absolute Gasteiger partial charge is 0.0594 e. The number of hydrogen-bond acceptors (Lipinski definition) is 4. The molecule has 0 bridgehead atoms. The Labute approximate surface area is 103 Å². The normalized spacial score (nSPS) is 19.1. The highest BCUT2D eigenvalue weighted by Gasteiger charge is 2.14. The highest BCUT2D eigenvalue weighted by atomic mass is 16.5. The molecule has 3 N–H and O–H groups in total. The molecule has 0 radical (unpaired) electrons. The lowest BCUT2D eigenvalue weighted by Gasteiger charge is -2.28. The fraction of sp³-hybridized carbons (Fsp3) is 0.538. The van der Waals surface area contributed by atoms with E-state index in [2.05, 4.69) is 34.6 Å². The van der Waals surface area contributed by atoms with Gasteiger partial charge in [-0.05, 0) is 12.0 Å². The molecule has 0 aromatic heterocycles. The van der Waals surface area contributed by atoms with Crippen molar-refractivity contribution in [3.05, 3.63) is 35.9 Å². The van der Waals surface area contributed by atoms with Crippen LogP contribution in [0.15, 0.2) is 30.3 Å². The van der Waals surface area contributed by atoms with Crippen LogP contribution < -0.4 is 11.3 Å². The molecule has 2 rings (SSSR count). The van der Waals surface area contributed by atoms with Crippen LogP contribution in [-0.4, -0.2) is 37.7 Å². The van der Waals surface area contributed by atoms with Crippen LogP contribution in [0.4, 0.5) is 0 Å². The van der Waals surface area contributed by atoms with E-state index in [0.717, 1.165) is 39.3 Å². The van der Waals surface area contributed by atoms with Gasteiger partial charge in [-0.3, -0.25) is 16.2 Å². The summed E-state index contributed by atoms with van der Waals surface area (Å²) in [7, 11) is 0. The quantitative estimate of drug-likeness (QED) is 0.588. The van der Waals surface area contributed by atoms with Crippen LogP contribution in [0.3, 0.4) is 0 Å². The van der Waals surface area contributed by atoms with Gasteiger partial charge in [0.15, 0.2) is 0 Å². The van der Waals surface area contributed by atoms with Gasteiger partial charge >= 0.3 is 0 Å². The van der Waals surface area contributed by atoms with Gasteiger partial charge in [-0.1, -0.05) is 30.3 Å². The lowest BCUT2D eigenvalue weighted by molar-refractivity contribution is 0.0361. The summed E-state index contributed by atoms with van der Waals surface area (Å²) in [5, 5.41) is 0. The Morgan fingerprint density at radius 3 is 2.59 bits per heavy atom. The molecule has 0 amide bonds. The average Bonchev–Trinajstić information content (AvgIpc) is 2.42. The molecule has 1 aromatic carbocycles. The van der Waals surface area contributed by atoms with E-state index >= 15 is 0 Å². The van der Waals surface area contributed by atoms with Gasteiger partial charge in [0.25, 0.3) is 0 Å². The second kappa shape index (κ2) is 6.71. The molecule has 1 heterocycles. The minimum Gasteiger partial charge on any atom is -0.379 e. The largest absolute Gasteiger partial charge is 0.379 e. The third kappa shape index (κ3) is 3.78. The van der Waals surface area contributed by atoms with Crippen LogP contribution in [0, 0.1) is 0 Å². The zero-order valence-electron chi connectivity index (χ0n) is 10.1. The van der Waals surface area contributed by atoms with Crippen molar-refractivity contribution in [2.45, 2.75) is 12.5 Å². The van der Waals surface area contributed by atoms with Gasteiger partial charge in [-0.2, -0.15) is 0 Å². The van der Waals surface area contributed by atoms with Gasteiger partial charge in [0.05, 0.1) is 13.2 Å². The number of nitrogens with two attached hydrogens (primary N) is 1. The molecule has 1 aromatic rings. The standard InChI is InChI=1S/C13H21N3O/c14-15-13(12-4-2-1-3-5-12)6-7-16-8-10-17-11-9-16/h1-5,13,15H,6-11,14H2. The highest BCUT2D eigenvalue weighted by molar-refractivity contribution is 5.18. The first kappa shape index (κ1) is 12.5. The van der Waals surface area contributed by atoms with Crippen molar-refractivity contribution in [1.29, 1.82) is 0 Å². The number of morpholine rings is 1. The Balaban J connectivity index is 1.83. The van der Waals surface area contributed by atoms with Gasteiger partial charge in [0.2, 0.25) is 0 Å². The predicted octanol–water partition coefficient (Wildman–Crippen LogP) is 0.913. The zero-order chi connectivity index (χ0) is 11.9. The third-order valence-electron chi connectivity index (χ3n) is 3.24. The van der Waals surface area contributed by atoms with Crippen molar-refractivity contribution in [2.24, 2.45) is 5.84 Å². The van der Waals surface area contributed by atoms with E-state index in [1.54, 1.807) is 0 Å². The molecule has 0 spiro atoms. The SMILES string of the molecule is NNC(CCN1CCOCC1)c1ccccc1. The molecule has 1 saturated heterocycles. The molecule has 0 aliphatic carbocycles. The molecular weight excluding hydrogens is 214 g/mol. The molecule has 94 valence electrons. The number of rotatable bonds is 5. The number of hydrazine groups is 1. The topological polar surface area (TPSA) is 50.5 Å². The Bertz CT molecular complexity index is 312. The van der Waals surface area contributed by atoms with E-state index in [0.29, 0.717) is 0 Å². The number of benzene rings is 1. The summed E-state index contributed by atoms with van der Waals surface area (Å²) < 4.78 is 5.34. The number of hydrogen-bond donors (Lipinski definition) is 2. The molecular formula is C13H21N3O. The third-order valence-corrected chi connectivity index (χ3v) is 3.24. The van der Waals surface area contributed by atoms with Crippen molar-refractivity contribution in [3.8, 4) is 0 Å². The summed E-state index contributed by atoms with van der Waals surface area (Å²) >= 11 is 0. The van der Waals surface area contributed by atoms with E-state index in [9.17, 15) is 0 Å². The van der Waals surface area contributed by atoms with Crippen LogP contribution in [0.5, 0.6) is 0 Å². The second-order valence-electron chi connectivity index (χ2n) is 4.37. The lowest BCUT2D eigenvalue weighted by atomic mass is 10.0. The second-order valence-corrected chi connectivity index (χ2v) is 4.37. The maximum atomic E-state index is 5.63. The summed E-state index contributed by atoms with van der Waals surface area (Å²) in [6.45, 7) is 4.84. The molecule has 1 unspecified atom stereocenters. The fourth-order valence-corrected chi connectivity index (χ4v) is 2.17. The molecule has 4 heteroatoms. The van der Waals surface area contributed by atoms with E-state index in [1.807, 2.05) is 6.07 Å². The van der Waals surface area contributed by atoms with Crippen molar-refractivity contribution in [2.75, 3.05) is 32.8 Å². The van der Waals surface area contributed by atoms with E-state index in [1.165, 1.54) is 5.56 Å². The van der Waals surface area contributed by atoms with Crippen molar-refractivity contribution in [3.63, 3.8) is 0 Å². The molecule has 1 aliphatic heterocycles. The zero-order valence-corrected chi connectivity index (χ0v) is 10.1. The first-order valence-corrected chi connectivity index (χ1v) is 6.21. The summed E-state index contributed by atoms with van der Waals surface area (Å²) in [5.41, 5.74) is 4.15. The van der Waals surface area contributed by atoms with Gasteiger partial charge in [0.1, 0.15) is 0 Å². The Morgan fingerprint density at radius 2 is 1.94 bits per heavy atom. The molecule has 1 aliphatic rings. The highest BCUT2D eigenvalue weighted by Crippen LogP contribution is 2.16. The Kier molecular flexibility index (Phi) is 4.94. The summed E-state index contributed by atoms with van der Waals surface area (Å²) in [6.07, 6.45) is 1.03. The lowest BCUT2D eigenvalue weighted by Crippen LogP contribution is -2.39. The minimum absolute atomic E-state index is 0.235. The van der Waals surface area contributed by atoms with Crippen molar-refractivity contribution < 1.29 is 4.74 Å². The maximum Gasteiger partial charge on any atom is 0.0594 e. The Hall–Kier alpha value is -0.940. The van der Waals surface area contributed by atoms with Crippen LogP contribution in [0.25, 0.3) is 0 Å². The molecule has 1 fully saturated rings. The van der Waals surface area contributed by atoms with Gasteiger partial charge < -0.3 is 4.74 Å². The van der Waals surface area contributed by atoms with Crippen molar-refractivity contribution in [1.82, 2.24) is 10.3 Å². The molecule has 4 nitrogen and oxygen atoms in total. The van der Waals surface area contributed by atoms with Crippen molar-refractivity contribution >= 4 is 0 Å². The van der Waals surface area contributed by atoms with Crippen LogP contribution in [0.1, 0.15) is 18.0 Å². The molecule has 0 saturated carbocycles. The average molecular weight is 235 g/mol. The number of nitrogens with zero attached hydrogens (tertiary/aromatic N) is 1. The first-order valence-electron chi connectivity index (χ1n) is 6.21. The fourth-order valence-electron chi connectivity index (χ4n) is 2.17. The number of nitrogens with one attached hydrogen (secondary N) is 1. The first-order chi connectivity index (χ1) is 8.40. The van der Waals surface area contributed by atoms with Crippen LogP contribution in [0.2, 0.25) is 0 Å². The minimum atomic E-state index is 0.235. The van der Waals surface area contributed by atoms with E-state index in [-0.39, 0.29) is 6.04 Å². The number of ether oxygens (including phenoxy) is 1. The van der Waals surface area contributed by atoms with Gasteiger partial charge in [-0.25, -0.2) is 0 Å². The monoisotopic (exact) mass is 235 g/mol. The molecule has 17 heavy (non-hydrogen) atoms. The predicted molar refractivity (Wildman–Crippen MR) is 68.4 cm³/mol. The molecule has 1 atom stereocenters. The van der Waals surface area contributed by atoms with Crippen LogP contribution in [-0.2, 0) is 4.74 Å². The van der Waals surface area contributed by atoms with Gasteiger partial charge in [0, 0.05) is 25.7 Å². The van der Waals surface area contributed by atoms with Crippen LogP contribution >= 0.6 is 0 Å². The van der Waals surface area contributed by atoms with Gasteiger partial charge in [-0.15, -0.1) is 0 Å². The maximum absolute atomic E-state index is 5.63.